The lowest BCUT2D eigenvalue weighted by Crippen LogP contribution is -2.27. The molecule has 7 heteroatoms. The number of amides is 2. The van der Waals surface area contributed by atoms with Crippen LogP contribution in [0.4, 0.5) is 4.79 Å². The topological polar surface area (TPSA) is 42.3 Å². The van der Waals surface area contributed by atoms with Crippen molar-refractivity contribution in [2.45, 2.75) is 20.4 Å². The van der Waals surface area contributed by atoms with Gasteiger partial charge < -0.3 is 4.57 Å². The fourth-order valence-corrected chi connectivity index (χ4v) is 4.77. The van der Waals surface area contributed by atoms with Gasteiger partial charge in [-0.1, -0.05) is 45.7 Å². The maximum absolute atomic E-state index is 12.9. The van der Waals surface area contributed by atoms with E-state index >= 15 is 0 Å². The summed E-state index contributed by atoms with van der Waals surface area (Å²) in [6, 6.07) is 17.2. The summed E-state index contributed by atoms with van der Waals surface area (Å²) in [7, 11) is 0. The molecule has 0 radical (unpaired) electrons. The van der Waals surface area contributed by atoms with Crippen molar-refractivity contribution in [3.8, 4) is 5.69 Å². The fraction of sp³-hybridized carbons (Fsp3) is 0.130. The molecule has 4 nitrogen and oxygen atoms in total. The zero-order valence-corrected chi connectivity index (χ0v) is 19.5. The third-order valence-electron chi connectivity index (χ3n) is 4.95. The number of aryl methyl sites for hydroxylation is 1. The lowest BCUT2D eigenvalue weighted by Gasteiger charge is -2.12. The molecule has 2 heterocycles. The number of hydrogen-bond donors (Lipinski definition) is 0. The Bertz CT molecular complexity index is 1180. The second-order valence-electron chi connectivity index (χ2n) is 7.04. The summed E-state index contributed by atoms with van der Waals surface area (Å²) < 4.78 is 3.04. The molecular weight excluding hydrogens is 484 g/mol. The van der Waals surface area contributed by atoms with Gasteiger partial charge in [-0.05, 0) is 79.2 Å². The van der Waals surface area contributed by atoms with Crippen molar-refractivity contribution in [1.82, 2.24) is 9.47 Å². The van der Waals surface area contributed by atoms with Crippen LogP contribution in [0.25, 0.3) is 11.8 Å². The second kappa shape index (κ2) is 8.46. The average Bonchev–Trinajstić information content (AvgIpc) is 3.13. The van der Waals surface area contributed by atoms with Gasteiger partial charge in [0, 0.05) is 26.6 Å². The number of carbonyl (C=O) groups excluding carboxylic acids is 2. The van der Waals surface area contributed by atoms with E-state index in [0.717, 1.165) is 44.4 Å². The summed E-state index contributed by atoms with van der Waals surface area (Å²) in [6.07, 6.45) is 1.80. The van der Waals surface area contributed by atoms with Crippen molar-refractivity contribution in [3.05, 3.63) is 91.5 Å². The smallest absolute Gasteiger partial charge is 0.293 e. The number of aromatic nitrogens is 1. The first-order valence-corrected chi connectivity index (χ1v) is 11.3. The van der Waals surface area contributed by atoms with Crippen molar-refractivity contribution in [2.24, 2.45) is 0 Å². The van der Waals surface area contributed by atoms with Gasteiger partial charge in [-0.25, -0.2) is 0 Å². The average molecular weight is 502 g/mol. The monoisotopic (exact) mass is 500 g/mol. The molecule has 0 aliphatic carbocycles. The van der Waals surface area contributed by atoms with E-state index in [-0.39, 0.29) is 17.7 Å². The van der Waals surface area contributed by atoms with Gasteiger partial charge in [0.25, 0.3) is 11.1 Å². The minimum atomic E-state index is -0.263. The van der Waals surface area contributed by atoms with Crippen molar-refractivity contribution in [2.75, 3.05) is 0 Å². The van der Waals surface area contributed by atoms with E-state index in [1.54, 1.807) is 6.08 Å². The molecule has 30 heavy (non-hydrogen) atoms. The van der Waals surface area contributed by atoms with E-state index in [1.165, 1.54) is 4.90 Å². The first-order chi connectivity index (χ1) is 14.3. The van der Waals surface area contributed by atoms with Crippen LogP contribution in [-0.4, -0.2) is 20.6 Å². The summed E-state index contributed by atoms with van der Waals surface area (Å²) in [5.41, 5.74) is 4.77. The summed E-state index contributed by atoms with van der Waals surface area (Å²) in [5, 5.41) is 0.411. The molecule has 2 aromatic carbocycles. The minimum Gasteiger partial charge on any atom is -0.318 e. The molecule has 1 aromatic heterocycles. The number of rotatable bonds is 4. The Morgan fingerprint density at radius 2 is 1.80 bits per heavy atom. The summed E-state index contributed by atoms with van der Waals surface area (Å²) in [5.74, 6) is -0.263. The van der Waals surface area contributed by atoms with Crippen LogP contribution in [0.15, 0.2) is 64.0 Å². The molecule has 0 atom stereocenters. The predicted molar refractivity (Wildman–Crippen MR) is 126 cm³/mol. The van der Waals surface area contributed by atoms with Gasteiger partial charge in [0.15, 0.2) is 0 Å². The van der Waals surface area contributed by atoms with E-state index in [0.29, 0.717) is 9.93 Å². The van der Waals surface area contributed by atoms with E-state index in [2.05, 4.69) is 20.5 Å². The molecule has 3 aromatic rings. The number of hydrogen-bond acceptors (Lipinski definition) is 3. The van der Waals surface area contributed by atoms with Crippen LogP contribution < -0.4 is 0 Å². The lowest BCUT2D eigenvalue weighted by atomic mass is 10.2. The predicted octanol–water partition coefficient (Wildman–Crippen LogP) is 6.75. The first-order valence-electron chi connectivity index (χ1n) is 9.28. The Morgan fingerprint density at radius 1 is 1.07 bits per heavy atom. The SMILES string of the molecule is Cc1cc(/C=C2\SC(=O)N(Cc3ccc(Br)cc3)C2=O)c(C)n1-c1cccc(Cl)c1. The summed E-state index contributed by atoms with van der Waals surface area (Å²) in [4.78, 5) is 27.1. The molecular formula is C23H18BrClN2O2S. The number of halogens is 2. The van der Waals surface area contributed by atoms with Crippen molar-refractivity contribution in [3.63, 3.8) is 0 Å². The minimum absolute atomic E-state index is 0.252. The third kappa shape index (κ3) is 4.13. The van der Waals surface area contributed by atoms with Crippen molar-refractivity contribution >= 4 is 56.5 Å². The molecule has 0 unspecified atom stereocenters. The second-order valence-corrected chi connectivity index (χ2v) is 9.38. The molecule has 0 N–H and O–H groups in total. The maximum Gasteiger partial charge on any atom is 0.293 e. The lowest BCUT2D eigenvalue weighted by molar-refractivity contribution is -0.123. The van der Waals surface area contributed by atoms with Crippen LogP contribution in [0.1, 0.15) is 22.5 Å². The normalized spacial score (nSPS) is 15.5. The molecule has 0 saturated carbocycles. The molecule has 152 valence electrons. The number of imide groups is 1. The Labute approximate surface area is 192 Å². The summed E-state index contributed by atoms with van der Waals surface area (Å²) >= 11 is 10.5. The van der Waals surface area contributed by atoms with Gasteiger partial charge in [-0.15, -0.1) is 0 Å². The van der Waals surface area contributed by atoms with Gasteiger partial charge in [0.2, 0.25) is 0 Å². The number of nitrogens with zero attached hydrogens (tertiary/aromatic N) is 2. The highest BCUT2D eigenvalue weighted by Gasteiger charge is 2.35. The zero-order valence-electron chi connectivity index (χ0n) is 16.4. The highest BCUT2D eigenvalue weighted by atomic mass is 79.9. The van der Waals surface area contributed by atoms with Crippen LogP contribution in [0, 0.1) is 13.8 Å². The van der Waals surface area contributed by atoms with Crippen LogP contribution in [0.2, 0.25) is 5.02 Å². The molecule has 4 rings (SSSR count). The molecule has 1 aliphatic heterocycles. The number of benzene rings is 2. The molecule has 1 aliphatic rings. The molecule has 0 bridgehead atoms. The van der Waals surface area contributed by atoms with Gasteiger partial charge in [0.05, 0.1) is 11.4 Å². The molecule has 2 amide bonds. The largest absolute Gasteiger partial charge is 0.318 e. The van der Waals surface area contributed by atoms with Gasteiger partial charge >= 0.3 is 0 Å². The quantitative estimate of drug-likeness (QED) is 0.372. The molecule has 1 saturated heterocycles. The third-order valence-corrected chi connectivity index (χ3v) is 6.62. The number of thioether (sulfide) groups is 1. The molecule has 1 fully saturated rings. The van der Waals surface area contributed by atoms with Gasteiger partial charge in [-0.3, -0.25) is 14.5 Å². The van der Waals surface area contributed by atoms with Crippen LogP contribution in [0.5, 0.6) is 0 Å². The highest BCUT2D eigenvalue weighted by molar-refractivity contribution is 9.10. The van der Waals surface area contributed by atoms with Crippen molar-refractivity contribution < 1.29 is 9.59 Å². The Hall–Kier alpha value is -2.28. The standard InChI is InChI=1S/C23H18BrClN2O2S/c1-14-10-17(15(2)27(14)20-5-3-4-19(25)12-20)11-21-22(28)26(23(29)30-21)13-16-6-8-18(24)9-7-16/h3-12H,13H2,1-2H3/b21-11-. The van der Waals surface area contributed by atoms with E-state index in [1.807, 2.05) is 68.4 Å². The Kier molecular flexibility index (Phi) is 5.91. The zero-order chi connectivity index (χ0) is 21.4. The van der Waals surface area contributed by atoms with Crippen LogP contribution >= 0.6 is 39.3 Å². The summed E-state index contributed by atoms with van der Waals surface area (Å²) in [6.45, 7) is 4.26. The Morgan fingerprint density at radius 3 is 2.50 bits per heavy atom. The van der Waals surface area contributed by atoms with Gasteiger partial charge in [-0.2, -0.15) is 0 Å². The fourth-order valence-electron chi connectivity index (χ4n) is 3.50. The van der Waals surface area contributed by atoms with Crippen LogP contribution in [0.3, 0.4) is 0 Å². The highest BCUT2D eigenvalue weighted by Crippen LogP contribution is 2.35. The van der Waals surface area contributed by atoms with Crippen LogP contribution in [-0.2, 0) is 11.3 Å². The molecule has 0 spiro atoms. The van der Waals surface area contributed by atoms with E-state index in [4.69, 9.17) is 11.6 Å². The van der Waals surface area contributed by atoms with Crippen molar-refractivity contribution in [1.29, 1.82) is 0 Å². The Balaban J connectivity index is 1.62. The van der Waals surface area contributed by atoms with Gasteiger partial charge in [0.1, 0.15) is 0 Å². The maximum atomic E-state index is 12.9. The number of carbonyl (C=O) groups is 2. The first kappa shape index (κ1) is 21.0. The van der Waals surface area contributed by atoms with E-state index < -0.39 is 0 Å². The van der Waals surface area contributed by atoms with E-state index in [9.17, 15) is 9.59 Å².